The fourth-order valence-corrected chi connectivity index (χ4v) is 5.29. The summed E-state index contributed by atoms with van der Waals surface area (Å²) >= 11 is 7.07. The third kappa shape index (κ3) is 4.34. The van der Waals surface area contributed by atoms with Gasteiger partial charge in [0.05, 0.1) is 18.3 Å². The number of benzene rings is 3. The van der Waals surface area contributed by atoms with Gasteiger partial charge in [-0.15, -0.1) is 0 Å². The number of ether oxygens (including phenoxy) is 1. The van der Waals surface area contributed by atoms with Gasteiger partial charge in [0, 0.05) is 16.8 Å². The number of carbonyl (C=O) groups excluding carboxylic acids is 2. The summed E-state index contributed by atoms with van der Waals surface area (Å²) in [6, 6.07) is 22.7. The first-order valence-corrected chi connectivity index (χ1v) is 11.7. The van der Waals surface area contributed by atoms with Gasteiger partial charge in [-0.25, -0.2) is 0 Å². The Kier molecular flexibility index (Phi) is 5.83. The minimum Gasteiger partial charge on any atom is -0.492 e. The standard InChI is InChI=1S/C25H20ClN3O3S/c26-20-8-11-22-18(14-20)16-27-29(22)12-13-32-21-9-6-17(7-10-21)15-25(19-4-2-1-3-5-19)23(30)28-24(31)33-25/h1-11,14,16H,12-13,15H2,(H,28,30,31). The number of aromatic nitrogens is 2. The van der Waals surface area contributed by atoms with Crippen LogP contribution in [0.1, 0.15) is 11.1 Å². The van der Waals surface area contributed by atoms with E-state index in [1.54, 1.807) is 6.20 Å². The predicted molar refractivity (Wildman–Crippen MR) is 130 cm³/mol. The Morgan fingerprint density at radius 3 is 2.55 bits per heavy atom. The van der Waals surface area contributed by atoms with Crippen molar-refractivity contribution in [2.45, 2.75) is 17.7 Å². The molecule has 1 N–H and O–H groups in total. The molecule has 5 rings (SSSR count). The molecule has 3 aromatic carbocycles. The summed E-state index contributed by atoms with van der Waals surface area (Å²) in [5, 5.41) is 8.19. The molecule has 0 bridgehead atoms. The van der Waals surface area contributed by atoms with Gasteiger partial charge < -0.3 is 4.74 Å². The van der Waals surface area contributed by atoms with Crippen LogP contribution >= 0.6 is 23.4 Å². The monoisotopic (exact) mass is 477 g/mol. The molecule has 0 aliphatic carbocycles. The minimum absolute atomic E-state index is 0.281. The van der Waals surface area contributed by atoms with Crippen molar-refractivity contribution in [3.8, 4) is 5.75 Å². The van der Waals surface area contributed by atoms with Crippen molar-refractivity contribution in [2.24, 2.45) is 0 Å². The molecule has 8 heteroatoms. The third-order valence-electron chi connectivity index (χ3n) is 5.64. The number of thioether (sulfide) groups is 1. The molecule has 1 aromatic heterocycles. The summed E-state index contributed by atoms with van der Waals surface area (Å²) in [5.74, 6) is 0.448. The third-order valence-corrected chi connectivity index (χ3v) is 7.08. The SMILES string of the molecule is O=C1NC(=O)C(Cc2ccc(OCCn3ncc4cc(Cl)ccc43)cc2)(c2ccccc2)S1. The van der Waals surface area contributed by atoms with E-state index in [9.17, 15) is 9.59 Å². The second-order valence-corrected chi connectivity index (χ2v) is 9.48. The van der Waals surface area contributed by atoms with Gasteiger partial charge in [-0.2, -0.15) is 5.10 Å². The van der Waals surface area contributed by atoms with Crippen molar-refractivity contribution >= 4 is 45.4 Å². The van der Waals surface area contributed by atoms with Gasteiger partial charge in [0.15, 0.2) is 0 Å². The highest BCUT2D eigenvalue weighted by atomic mass is 35.5. The first kappa shape index (κ1) is 21.6. The van der Waals surface area contributed by atoms with Gasteiger partial charge in [0.25, 0.3) is 5.24 Å². The Bertz CT molecular complexity index is 1320. The molecule has 0 radical (unpaired) electrons. The molecule has 1 fully saturated rings. The second-order valence-electron chi connectivity index (χ2n) is 7.78. The van der Waals surface area contributed by atoms with Crippen LogP contribution in [0.5, 0.6) is 5.75 Å². The molecule has 6 nitrogen and oxygen atoms in total. The lowest BCUT2D eigenvalue weighted by molar-refractivity contribution is -0.121. The number of imide groups is 1. The summed E-state index contributed by atoms with van der Waals surface area (Å²) in [5.41, 5.74) is 2.76. The van der Waals surface area contributed by atoms with Crippen molar-refractivity contribution in [1.29, 1.82) is 0 Å². The van der Waals surface area contributed by atoms with E-state index in [-0.39, 0.29) is 11.1 Å². The van der Waals surface area contributed by atoms with Crippen LogP contribution in [0.4, 0.5) is 4.79 Å². The number of rotatable bonds is 7. The Labute approximate surface area is 199 Å². The minimum atomic E-state index is -0.967. The molecule has 0 spiro atoms. The van der Waals surface area contributed by atoms with Gasteiger partial charge in [-0.1, -0.05) is 54.1 Å². The highest BCUT2D eigenvalue weighted by molar-refractivity contribution is 8.15. The number of nitrogens with zero attached hydrogens (tertiary/aromatic N) is 2. The summed E-state index contributed by atoms with van der Waals surface area (Å²) in [7, 11) is 0. The van der Waals surface area contributed by atoms with Gasteiger partial charge in [0.1, 0.15) is 17.1 Å². The predicted octanol–water partition coefficient (Wildman–Crippen LogP) is 5.19. The van der Waals surface area contributed by atoms with E-state index >= 15 is 0 Å². The quantitative estimate of drug-likeness (QED) is 0.396. The topological polar surface area (TPSA) is 73.2 Å². The van der Waals surface area contributed by atoms with Gasteiger partial charge in [-0.05, 0) is 53.2 Å². The van der Waals surface area contributed by atoms with Crippen molar-refractivity contribution in [2.75, 3.05) is 6.61 Å². The van der Waals surface area contributed by atoms with Crippen molar-refractivity contribution in [3.05, 3.63) is 95.1 Å². The highest BCUT2D eigenvalue weighted by Gasteiger charge is 2.49. The van der Waals surface area contributed by atoms with Crippen LogP contribution in [0.15, 0.2) is 79.0 Å². The smallest absolute Gasteiger partial charge is 0.287 e. The Morgan fingerprint density at radius 2 is 1.82 bits per heavy atom. The van der Waals surface area contributed by atoms with E-state index in [4.69, 9.17) is 16.3 Å². The summed E-state index contributed by atoms with van der Waals surface area (Å²) in [6.45, 7) is 1.06. The molecule has 1 saturated heterocycles. The summed E-state index contributed by atoms with van der Waals surface area (Å²) < 4.78 is 6.82. The van der Waals surface area contributed by atoms with Gasteiger partial charge in [0.2, 0.25) is 5.91 Å². The van der Waals surface area contributed by atoms with Crippen LogP contribution in [-0.4, -0.2) is 27.5 Å². The number of amides is 2. The molecule has 4 aromatic rings. The van der Waals surface area contributed by atoms with E-state index in [0.717, 1.165) is 39.5 Å². The van der Waals surface area contributed by atoms with Crippen LogP contribution in [0.25, 0.3) is 10.9 Å². The molecule has 2 heterocycles. The number of nitrogens with one attached hydrogen (secondary N) is 1. The van der Waals surface area contributed by atoms with Crippen molar-refractivity contribution in [1.82, 2.24) is 15.1 Å². The summed E-state index contributed by atoms with van der Waals surface area (Å²) in [4.78, 5) is 24.7. The van der Waals surface area contributed by atoms with Crippen LogP contribution in [0.3, 0.4) is 0 Å². The van der Waals surface area contributed by atoms with Crippen LogP contribution in [-0.2, 0) is 22.5 Å². The lowest BCUT2D eigenvalue weighted by Crippen LogP contribution is -2.36. The van der Waals surface area contributed by atoms with E-state index in [1.807, 2.05) is 77.5 Å². The van der Waals surface area contributed by atoms with Crippen LogP contribution in [0, 0.1) is 0 Å². The van der Waals surface area contributed by atoms with Crippen molar-refractivity contribution < 1.29 is 14.3 Å². The number of halogens is 1. The summed E-state index contributed by atoms with van der Waals surface area (Å²) in [6.07, 6.45) is 2.20. The fourth-order valence-electron chi connectivity index (χ4n) is 4.02. The zero-order valence-corrected chi connectivity index (χ0v) is 19.1. The molecular weight excluding hydrogens is 458 g/mol. The molecule has 1 aliphatic heterocycles. The molecule has 0 saturated carbocycles. The maximum absolute atomic E-state index is 12.8. The average Bonchev–Trinajstić information content (AvgIpc) is 3.35. The average molecular weight is 478 g/mol. The van der Waals surface area contributed by atoms with Crippen LogP contribution in [0.2, 0.25) is 5.02 Å². The maximum Gasteiger partial charge on any atom is 0.287 e. The fraction of sp³-hybridized carbons (Fsp3) is 0.160. The van der Waals surface area contributed by atoms with E-state index < -0.39 is 4.75 Å². The highest BCUT2D eigenvalue weighted by Crippen LogP contribution is 2.44. The normalized spacial score (nSPS) is 18.0. The number of hydrogen-bond acceptors (Lipinski definition) is 5. The molecule has 2 amide bonds. The Balaban J connectivity index is 1.26. The molecule has 1 unspecified atom stereocenters. The van der Waals surface area contributed by atoms with Gasteiger partial charge >= 0.3 is 0 Å². The Hall–Kier alpha value is -3.29. The molecule has 166 valence electrons. The largest absolute Gasteiger partial charge is 0.492 e. The lowest BCUT2D eigenvalue weighted by Gasteiger charge is -2.25. The first-order valence-electron chi connectivity index (χ1n) is 10.5. The number of fused-ring (bicyclic) bond motifs is 1. The zero-order valence-electron chi connectivity index (χ0n) is 17.5. The number of hydrogen-bond donors (Lipinski definition) is 1. The van der Waals surface area contributed by atoms with Crippen LogP contribution < -0.4 is 10.1 Å². The van der Waals surface area contributed by atoms with Gasteiger partial charge in [-0.3, -0.25) is 19.6 Å². The second kappa shape index (κ2) is 8.92. The van der Waals surface area contributed by atoms with E-state index in [0.29, 0.717) is 24.6 Å². The molecule has 1 aliphatic rings. The maximum atomic E-state index is 12.8. The number of carbonyl (C=O) groups is 2. The molecule has 33 heavy (non-hydrogen) atoms. The lowest BCUT2D eigenvalue weighted by atomic mass is 9.90. The molecular formula is C25H20ClN3O3S. The van der Waals surface area contributed by atoms with E-state index in [2.05, 4.69) is 10.4 Å². The molecule has 1 atom stereocenters. The Morgan fingerprint density at radius 1 is 1.03 bits per heavy atom. The van der Waals surface area contributed by atoms with E-state index in [1.165, 1.54) is 0 Å². The zero-order chi connectivity index (χ0) is 22.8. The van der Waals surface area contributed by atoms with Crippen molar-refractivity contribution in [3.63, 3.8) is 0 Å². The first-order chi connectivity index (χ1) is 16.0.